The molecule has 0 saturated heterocycles. The van der Waals surface area contributed by atoms with Crippen molar-refractivity contribution < 1.29 is 0 Å². The van der Waals surface area contributed by atoms with E-state index in [1.54, 1.807) is 6.20 Å². The topological polar surface area (TPSA) is 50.7 Å². The molecule has 1 N–H and O–H groups in total. The Bertz CT molecular complexity index is 552. The van der Waals surface area contributed by atoms with Gasteiger partial charge in [-0.2, -0.15) is 0 Å². The van der Waals surface area contributed by atoms with Crippen LogP contribution in [0.25, 0.3) is 0 Å². The van der Waals surface area contributed by atoms with Crippen LogP contribution >= 0.6 is 0 Å². The van der Waals surface area contributed by atoms with Crippen molar-refractivity contribution in [2.45, 2.75) is 40.0 Å². The summed E-state index contributed by atoms with van der Waals surface area (Å²) in [6.07, 6.45) is 6.41. The highest BCUT2D eigenvalue weighted by Gasteiger charge is 2.10. The second kappa shape index (κ2) is 6.98. The van der Waals surface area contributed by atoms with Gasteiger partial charge in [-0.25, -0.2) is 9.97 Å². The van der Waals surface area contributed by atoms with Gasteiger partial charge in [0, 0.05) is 36.6 Å². The fourth-order valence-corrected chi connectivity index (χ4v) is 2.23. The van der Waals surface area contributed by atoms with Gasteiger partial charge < -0.3 is 5.32 Å². The van der Waals surface area contributed by atoms with E-state index in [2.05, 4.69) is 47.1 Å². The molecule has 2 aromatic heterocycles. The van der Waals surface area contributed by atoms with Crippen LogP contribution < -0.4 is 5.32 Å². The van der Waals surface area contributed by atoms with E-state index in [-0.39, 0.29) is 0 Å². The minimum absolute atomic E-state index is 0.722. The van der Waals surface area contributed by atoms with Crippen LogP contribution in [-0.2, 0) is 12.8 Å². The Balaban J connectivity index is 2.27. The molecule has 0 spiro atoms. The van der Waals surface area contributed by atoms with Gasteiger partial charge in [-0.1, -0.05) is 19.9 Å². The summed E-state index contributed by atoms with van der Waals surface area (Å²) in [5.74, 6) is 1.84. The smallest absolute Gasteiger partial charge is 0.135 e. The second-order valence-electron chi connectivity index (χ2n) is 4.87. The van der Waals surface area contributed by atoms with Gasteiger partial charge in [0.1, 0.15) is 11.6 Å². The first-order chi connectivity index (χ1) is 9.74. The molecule has 0 fully saturated rings. The Morgan fingerprint density at radius 2 is 2.05 bits per heavy atom. The molecule has 2 rings (SSSR count). The number of rotatable bonds is 6. The van der Waals surface area contributed by atoms with Gasteiger partial charge in [-0.15, -0.1) is 0 Å². The van der Waals surface area contributed by atoms with E-state index in [0.29, 0.717) is 0 Å². The first-order valence-electron chi connectivity index (χ1n) is 7.23. The molecule has 0 aliphatic rings. The van der Waals surface area contributed by atoms with Crippen LogP contribution in [0.15, 0.2) is 24.5 Å². The Hall–Kier alpha value is -1.97. The molecule has 4 heteroatoms. The summed E-state index contributed by atoms with van der Waals surface area (Å²) >= 11 is 0. The summed E-state index contributed by atoms with van der Waals surface area (Å²) < 4.78 is 0. The van der Waals surface area contributed by atoms with Crippen LogP contribution in [0.3, 0.4) is 0 Å². The Morgan fingerprint density at radius 3 is 2.70 bits per heavy atom. The zero-order valence-electron chi connectivity index (χ0n) is 12.5. The molecule has 0 amide bonds. The van der Waals surface area contributed by atoms with E-state index in [4.69, 9.17) is 0 Å². The molecule has 0 atom stereocenters. The Morgan fingerprint density at radius 1 is 1.20 bits per heavy atom. The number of hydrogen-bond donors (Lipinski definition) is 1. The van der Waals surface area contributed by atoms with Crippen LogP contribution in [0.4, 0.5) is 5.82 Å². The van der Waals surface area contributed by atoms with Crippen LogP contribution in [0.2, 0.25) is 0 Å². The lowest BCUT2D eigenvalue weighted by Gasteiger charge is -2.13. The van der Waals surface area contributed by atoms with Gasteiger partial charge >= 0.3 is 0 Å². The summed E-state index contributed by atoms with van der Waals surface area (Å²) in [6.45, 7) is 7.30. The minimum atomic E-state index is 0.722. The number of anilines is 1. The average molecular weight is 270 g/mol. The zero-order chi connectivity index (χ0) is 14.4. The largest absolute Gasteiger partial charge is 0.370 e. The minimum Gasteiger partial charge on any atom is -0.370 e. The van der Waals surface area contributed by atoms with E-state index < -0.39 is 0 Å². The predicted octanol–water partition coefficient (Wildman–Crippen LogP) is 3.16. The molecular formula is C16H22N4. The molecule has 4 nitrogen and oxygen atoms in total. The highest BCUT2D eigenvalue weighted by molar-refractivity contribution is 5.46. The van der Waals surface area contributed by atoms with Crippen molar-refractivity contribution in [3.05, 3.63) is 47.2 Å². The van der Waals surface area contributed by atoms with Gasteiger partial charge in [0.15, 0.2) is 0 Å². The molecule has 0 aliphatic heterocycles. The van der Waals surface area contributed by atoms with Gasteiger partial charge in [0.2, 0.25) is 0 Å². The van der Waals surface area contributed by atoms with Crippen molar-refractivity contribution >= 4 is 5.82 Å². The van der Waals surface area contributed by atoms with Crippen molar-refractivity contribution in [3.8, 4) is 0 Å². The van der Waals surface area contributed by atoms with E-state index in [9.17, 15) is 0 Å². The third kappa shape index (κ3) is 3.53. The normalized spacial score (nSPS) is 10.6. The number of aryl methyl sites for hydroxylation is 1. The van der Waals surface area contributed by atoms with Gasteiger partial charge in [0.25, 0.3) is 0 Å². The number of nitrogens with zero attached hydrogens (tertiary/aromatic N) is 3. The standard InChI is InChI=1S/C16H22N4/c1-4-8-18-16-14(5-2)12(3)19-15(20-16)10-13-7-6-9-17-11-13/h6-7,9,11H,4-5,8,10H2,1-3H3,(H,18,19,20). The van der Waals surface area contributed by atoms with Crippen molar-refractivity contribution in [2.24, 2.45) is 0 Å². The molecule has 0 aliphatic carbocycles. The Kier molecular flexibility index (Phi) is 5.04. The SMILES string of the molecule is CCCNc1nc(Cc2cccnc2)nc(C)c1CC. The predicted molar refractivity (Wildman–Crippen MR) is 82.0 cm³/mol. The van der Waals surface area contributed by atoms with Crippen molar-refractivity contribution in [1.29, 1.82) is 0 Å². The average Bonchev–Trinajstić information content (AvgIpc) is 2.46. The molecule has 0 radical (unpaired) electrons. The van der Waals surface area contributed by atoms with Gasteiger partial charge in [0.05, 0.1) is 0 Å². The first kappa shape index (κ1) is 14.4. The van der Waals surface area contributed by atoms with Crippen LogP contribution in [0.5, 0.6) is 0 Å². The molecule has 0 bridgehead atoms. The summed E-state index contributed by atoms with van der Waals surface area (Å²) in [5, 5.41) is 3.41. The van der Waals surface area contributed by atoms with Crippen molar-refractivity contribution in [3.63, 3.8) is 0 Å². The molecule has 0 saturated carbocycles. The highest BCUT2D eigenvalue weighted by atomic mass is 15.0. The van der Waals surface area contributed by atoms with E-state index in [1.165, 1.54) is 5.56 Å². The first-order valence-corrected chi connectivity index (χ1v) is 7.23. The fraction of sp³-hybridized carbons (Fsp3) is 0.438. The number of aromatic nitrogens is 3. The Labute approximate surface area is 120 Å². The summed E-state index contributed by atoms with van der Waals surface area (Å²) in [5.41, 5.74) is 3.42. The van der Waals surface area contributed by atoms with Gasteiger partial charge in [-0.3, -0.25) is 4.98 Å². The van der Waals surface area contributed by atoms with E-state index in [1.807, 2.05) is 12.3 Å². The lowest BCUT2D eigenvalue weighted by molar-refractivity contribution is 0.884. The third-order valence-electron chi connectivity index (χ3n) is 3.24. The maximum absolute atomic E-state index is 4.69. The fourth-order valence-electron chi connectivity index (χ4n) is 2.23. The highest BCUT2D eigenvalue weighted by Crippen LogP contribution is 2.18. The molecule has 0 aromatic carbocycles. The van der Waals surface area contributed by atoms with E-state index in [0.717, 1.165) is 48.7 Å². The van der Waals surface area contributed by atoms with Crippen molar-refractivity contribution in [2.75, 3.05) is 11.9 Å². The summed E-state index contributed by atoms with van der Waals surface area (Å²) in [7, 11) is 0. The number of nitrogens with one attached hydrogen (secondary N) is 1. The zero-order valence-corrected chi connectivity index (χ0v) is 12.5. The maximum Gasteiger partial charge on any atom is 0.135 e. The van der Waals surface area contributed by atoms with E-state index >= 15 is 0 Å². The number of pyridine rings is 1. The van der Waals surface area contributed by atoms with Crippen LogP contribution in [0, 0.1) is 6.92 Å². The lowest BCUT2D eigenvalue weighted by atomic mass is 10.1. The summed E-state index contributed by atoms with van der Waals surface area (Å²) in [4.78, 5) is 13.5. The molecule has 20 heavy (non-hydrogen) atoms. The van der Waals surface area contributed by atoms with Crippen LogP contribution in [0.1, 0.15) is 42.9 Å². The lowest BCUT2D eigenvalue weighted by Crippen LogP contribution is -2.11. The third-order valence-corrected chi connectivity index (χ3v) is 3.24. The van der Waals surface area contributed by atoms with Gasteiger partial charge in [-0.05, 0) is 31.4 Å². The number of hydrogen-bond acceptors (Lipinski definition) is 4. The molecule has 106 valence electrons. The molecule has 0 unspecified atom stereocenters. The monoisotopic (exact) mass is 270 g/mol. The van der Waals surface area contributed by atoms with Crippen molar-refractivity contribution in [1.82, 2.24) is 15.0 Å². The molecule has 2 aromatic rings. The molecular weight excluding hydrogens is 248 g/mol. The summed E-state index contributed by atoms with van der Waals surface area (Å²) in [6, 6.07) is 4.00. The quantitative estimate of drug-likeness (QED) is 0.876. The van der Waals surface area contributed by atoms with Crippen LogP contribution in [-0.4, -0.2) is 21.5 Å². The molecule has 2 heterocycles. The second-order valence-corrected chi connectivity index (χ2v) is 4.87. The maximum atomic E-state index is 4.69.